The van der Waals surface area contributed by atoms with Crippen LogP contribution in [-0.2, 0) is 10.9 Å². The highest BCUT2D eigenvalue weighted by Crippen LogP contribution is 2.43. The molecule has 1 aromatic rings. The third-order valence-electron chi connectivity index (χ3n) is 3.91. The van der Waals surface area contributed by atoms with E-state index in [1.807, 2.05) is 6.92 Å². The van der Waals surface area contributed by atoms with E-state index in [4.69, 9.17) is 4.74 Å². The van der Waals surface area contributed by atoms with Crippen LogP contribution in [0.25, 0.3) is 0 Å². The van der Waals surface area contributed by atoms with E-state index >= 15 is 0 Å². The average molecular weight is 288 g/mol. The molecule has 0 aromatic heterocycles. The van der Waals surface area contributed by atoms with Gasteiger partial charge in [-0.1, -0.05) is 25.0 Å². The third-order valence-corrected chi connectivity index (χ3v) is 3.91. The summed E-state index contributed by atoms with van der Waals surface area (Å²) < 4.78 is 43.9. The normalized spacial score (nSPS) is 20.1. The van der Waals surface area contributed by atoms with Gasteiger partial charge in [0, 0.05) is 6.61 Å². The van der Waals surface area contributed by atoms with Crippen molar-refractivity contribution in [2.45, 2.75) is 50.5 Å². The van der Waals surface area contributed by atoms with E-state index < -0.39 is 23.4 Å². The van der Waals surface area contributed by atoms with Crippen molar-refractivity contribution in [3.05, 3.63) is 35.4 Å². The van der Waals surface area contributed by atoms with Gasteiger partial charge in [0.25, 0.3) is 0 Å². The quantitative estimate of drug-likeness (QED) is 0.904. The molecule has 2 rings (SSSR count). The van der Waals surface area contributed by atoms with Gasteiger partial charge in [0.05, 0.1) is 11.2 Å². The van der Waals surface area contributed by atoms with Crippen molar-refractivity contribution in [3.8, 4) is 0 Å². The van der Waals surface area contributed by atoms with Crippen molar-refractivity contribution < 1.29 is 23.0 Å². The van der Waals surface area contributed by atoms with E-state index in [9.17, 15) is 18.3 Å². The molecule has 2 nitrogen and oxygen atoms in total. The first-order chi connectivity index (χ1) is 9.39. The lowest BCUT2D eigenvalue weighted by atomic mass is 9.88. The second-order valence-corrected chi connectivity index (χ2v) is 5.23. The highest BCUT2D eigenvalue weighted by atomic mass is 19.4. The molecule has 1 aromatic carbocycles. The van der Waals surface area contributed by atoms with E-state index in [-0.39, 0.29) is 5.56 Å². The molecule has 0 bridgehead atoms. The van der Waals surface area contributed by atoms with Gasteiger partial charge in [-0.3, -0.25) is 0 Å². The van der Waals surface area contributed by atoms with E-state index in [0.29, 0.717) is 19.4 Å². The molecule has 1 N–H and O–H groups in total. The van der Waals surface area contributed by atoms with Crippen LogP contribution in [0, 0.1) is 0 Å². The first-order valence-corrected chi connectivity index (χ1v) is 6.88. The van der Waals surface area contributed by atoms with Crippen molar-refractivity contribution in [2.24, 2.45) is 0 Å². The highest BCUT2D eigenvalue weighted by Gasteiger charge is 2.42. The molecular formula is C15H19F3O2. The minimum Gasteiger partial charge on any atom is -0.385 e. The Labute approximate surface area is 116 Å². The van der Waals surface area contributed by atoms with Crippen LogP contribution < -0.4 is 0 Å². The zero-order valence-corrected chi connectivity index (χ0v) is 11.4. The zero-order valence-electron chi connectivity index (χ0n) is 11.4. The van der Waals surface area contributed by atoms with Crippen molar-refractivity contribution in [2.75, 3.05) is 6.61 Å². The van der Waals surface area contributed by atoms with Gasteiger partial charge < -0.3 is 9.84 Å². The number of aliphatic hydroxyl groups excluding tert-OH is 1. The molecule has 0 radical (unpaired) electrons. The fourth-order valence-corrected chi connectivity index (χ4v) is 2.95. The Hall–Kier alpha value is -1.07. The predicted molar refractivity (Wildman–Crippen MR) is 69.2 cm³/mol. The van der Waals surface area contributed by atoms with Gasteiger partial charge in [-0.2, -0.15) is 13.2 Å². The number of rotatable bonds is 4. The first-order valence-electron chi connectivity index (χ1n) is 6.88. The molecule has 20 heavy (non-hydrogen) atoms. The van der Waals surface area contributed by atoms with Crippen LogP contribution in [0.3, 0.4) is 0 Å². The number of ether oxygens (including phenoxy) is 1. The number of hydrogen-bond donors (Lipinski definition) is 1. The van der Waals surface area contributed by atoms with Crippen molar-refractivity contribution >= 4 is 0 Å². The lowest BCUT2D eigenvalue weighted by Gasteiger charge is -2.34. The highest BCUT2D eigenvalue weighted by molar-refractivity contribution is 5.29. The molecule has 0 aliphatic heterocycles. The Morgan fingerprint density at radius 1 is 1.30 bits per heavy atom. The zero-order chi connectivity index (χ0) is 14.8. The summed E-state index contributed by atoms with van der Waals surface area (Å²) in [5.41, 5.74) is -1.20. The van der Waals surface area contributed by atoms with Crippen molar-refractivity contribution in [3.63, 3.8) is 0 Å². The smallest absolute Gasteiger partial charge is 0.385 e. The molecule has 0 spiro atoms. The molecule has 1 fully saturated rings. The van der Waals surface area contributed by atoms with Gasteiger partial charge in [-0.15, -0.1) is 0 Å². The molecule has 1 saturated carbocycles. The maximum Gasteiger partial charge on any atom is 0.416 e. The summed E-state index contributed by atoms with van der Waals surface area (Å²) in [6.45, 7) is 2.27. The SMILES string of the molecule is CCOC1(C(O)c2cccc(C(F)(F)F)c2)CCCC1. The predicted octanol–water partition coefficient (Wildman–Crippen LogP) is 4.09. The van der Waals surface area contributed by atoms with Gasteiger partial charge in [0.15, 0.2) is 0 Å². The molecule has 1 unspecified atom stereocenters. The molecule has 1 atom stereocenters. The Morgan fingerprint density at radius 2 is 1.95 bits per heavy atom. The summed E-state index contributed by atoms with van der Waals surface area (Å²) in [6.07, 6.45) is -2.21. The Kier molecular flexibility index (Phi) is 4.39. The van der Waals surface area contributed by atoms with Crippen LogP contribution in [0.2, 0.25) is 0 Å². The largest absolute Gasteiger partial charge is 0.416 e. The van der Waals surface area contributed by atoms with E-state index in [1.165, 1.54) is 12.1 Å². The lowest BCUT2D eigenvalue weighted by Crippen LogP contribution is -2.36. The van der Waals surface area contributed by atoms with Gasteiger partial charge in [0.1, 0.15) is 6.10 Å². The van der Waals surface area contributed by atoms with Crippen LogP contribution in [0.1, 0.15) is 49.8 Å². The van der Waals surface area contributed by atoms with E-state index in [1.54, 1.807) is 0 Å². The molecule has 0 heterocycles. The summed E-state index contributed by atoms with van der Waals surface area (Å²) in [6, 6.07) is 4.89. The Morgan fingerprint density at radius 3 is 2.50 bits per heavy atom. The number of halogens is 3. The van der Waals surface area contributed by atoms with Crippen LogP contribution in [0.4, 0.5) is 13.2 Å². The molecule has 112 valence electrons. The standard InChI is InChI=1S/C15H19F3O2/c1-2-20-14(8-3-4-9-14)13(19)11-6-5-7-12(10-11)15(16,17)18/h5-7,10,13,19H,2-4,8-9H2,1H3. The minimum absolute atomic E-state index is 0.273. The lowest BCUT2D eigenvalue weighted by molar-refractivity contribution is -0.138. The molecule has 1 aliphatic carbocycles. The van der Waals surface area contributed by atoms with Gasteiger partial charge in [-0.05, 0) is 37.5 Å². The van der Waals surface area contributed by atoms with Crippen LogP contribution >= 0.6 is 0 Å². The number of aliphatic hydroxyl groups is 1. The number of alkyl halides is 3. The summed E-state index contributed by atoms with van der Waals surface area (Å²) >= 11 is 0. The first kappa shape index (κ1) is 15.3. The Balaban J connectivity index is 2.30. The van der Waals surface area contributed by atoms with Crippen molar-refractivity contribution in [1.29, 1.82) is 0 Å². The van der Waals surface area contributed by atoms with Crippen LogP contribution in [0.15, 0.2) is 24.3 Å². The van der Waals surface area contributed by atoms with E-state index in [0.717, 1.165) is 25.0 Å². The summed E-state index contributed by atoms with van der Waals surface area (Å²) in [5.74, 6) is 0. The van der Waals surface area contributed by atoms with Crippen LogP contribution in [-0.4, -0.2) is 17.3 Å². The maximum atomic E-state index is 12.7. The molecule has 0 amide bonds. The molecule has 0 saturated heterocycles. The number of benzene rings is 1. The van der Waals surface area contributed by atoms with Gasteiger partial charge in [0.2, 0.25) is 0 Å². The monoisotopic (exact) mass is 288 g/mol. The van der Waals surface area contributed by atoms with Crippen molar-refractivity contribution in [1.82, 2.24) is 0 Å². The average Bonchev–Trinajstić information content (AvgIpc) is 2.87. The molecule has 1 aliphatic rings. The third kappa shape index (κ3) is 2.99. The second kappa shape index (κ2) is 5.74. The number of hydrogen-bond acceptors (Lipinski definition) is 2. The minimum atomic E-state index is -4.40. The topological polar surface area (TPSA) is 29.5 Å². The van der Waals surface area contributed by atoms with Gasteiger partial charge >= 0.3 is 6.18 Å². The fourth-order valence-electron chi connectivity index (χ4n) is 2.95. The summed E-state index contributed by atoms with van der Waals surface area (Å²) in [4.78, 5) is 0. The summed E-state index contributed by atoms with van der Waals surface area (Å²) in [7, 11) is 0. The van der Waals surface area contributed by atoms with Gasteiger partial charge in [-0.25, -0.2) is 0 Å². The maximum absolute atomic E-state index is 12.7. The second-order valence-electron chi connectivity index (χ2n) is 5.23. The molecular weight excluding hydrogens is 269 g/mol. The fraction of sp³-hybridized carbons (Fsp3) is 0.600. The van der Waals surface area contributed by atoms with E-state index in [2.05, 4.69) is 0 Å². The summed E-state index contributed by atoms with van der Waals surface area (Å²) in [5, 5.41) is 10.5. The Bertz CT molecular complexity index is 451. The molecule has 5 heteroatoms. The van der Waals surface area contributed by atoms with Crippen LogP contribution in [0.5, 0.6) is 0 Å².